The average molecular weight is 222 g/mol. The van der Waals surface area contributed by atoms with Crippen LogP contribution in [0.1, 0.15) is 18.4 Å². The van der Waals surface area contributed by atoms with Crippen molar-refractivity contribution in [2.75, 3.05) is 11.1 Å². The Hall–Kier alpha value is -2.05. The Morgan fingerprint density at radius 1 is 1.56 bits per heavy atom. The van der Waals surface area contributed by atoms with E-state index in [9.17, 15) is 0 Å². The summed E-state index contributed by atoms with van der Waals surface area (Å²) in [6.45, 7) is 5.10. The fourth-order valence-electron chi connectivity index (χ4n) is 1.44. The number of nitrogens with one attached hydrogen (secondary N) is 1. The largest absolute Gasteiger partial charge is 0.394 e. The molecule has 0 amide bonds. The molecule has 2 rings (SSSR count). The van der Waals surface area contributed by atoms with E-state index in [1.54, 1.807) is 0 Å². The summed E-state index contributed by atoms with van der Waals surface area (Å²) in [6, 6.07) is 0. The zero-order valence-electron chi connectivity index (χ0n) is 9.27. The maximum Gasteiger partial charge on any atom is 0.213 e. The minimum Gasteiger partial charge on any atom is -0.394 e. The van der Waals surface area contributed by atoms with Crippen LogP contribution < -0.4 is 11.1 Å². The van der Waals surface area contributed by atoms with Gasteiger partial charge in [-0.1, -0.05) is 5.16 Å². The van der Waals surface area contributed by atoms with Crippen LogP contribution in [-0.2, 0) is 13.1 Å². The standard InChI is InChI=1S/C9H14N6O/c1-3-15-9(8(10)6(2)13-15)11-4-7-12-5-16-14-7/h5,11H,3-4,10H2,1-2H3. The lowest BCUT2D eigenvalue weighted by Gasteiger charge is -2.06. The van der Waals surface area contributed by atoms with Crippen molar-refractivity contribution in [2.24, 2.45) is 0 Å². The predicted molar refractivity (Wildman–Crippen MR) is 58.7 cm³/mol. The predicted octanol–water partition coefficient (Wildman–Crippen LogP) is 0.789. The summed E-state index contributed by atoms with van der Waals surface area (Å²) in [5.41, 5.74) is 7.38. The molecule has 0 aliphatic heterocycles. The summed E-state index contributed by atoms with van der Waals surface area (Å²) >= 11 is 0. The number of nitrogens with zero attached hydrogens (tertiary/aromatic N) is 4. The van der Waals surface area contributed by atoms with Gasteiger partial charge in [-0.15, -0.1) is 0 Å². The number of aromatic nitrogens is 4. The molecule has 2 aromatic rings. The van der Waals surface area contributed by atoms with Crippen LogP contribution in [0.15, 0.2) is 10.9 Å². The summed E-state index contributed by atoms with van der Waals surface area (Å²) < 4.78 is 6.45. The number of hydrogen-bond acceptors (Lipinski definition) is 6. The van der Waals surface area contributed by atoms with Gasteiger partial charge in [0.25, 0.3) is 0 Å². The molecule has 2 aromatic heterocycles. The Balaban J connectivity index is 2.14. The van der Waals surface area contributed by atoms with E-state index in [0.29, 0.717) is 18.1 Å². The zero-order valence-corrected chi connectivity index (χ0v) is 9.27. The second kappa shape index (κ2) is 4.21. The molecule has 0 aliphatic carbocycles. The first kappa shape index (κ1) is 10.5. The molecule has 0 aromatic carbocycles. The van der Waals surface area contributed by atoms with Crippen molar-refractivity contribution in [3.8, 4) is 0 Å². The molecule has 7 nitrogen and oxygen atoms in total. The Morgan fingerprint density at radius 3 is 3.00 bits per heavy atom. The molecule has 2 heterocycles. The van der Waals surface area contributed by atoms with Crippen molar-refractivity contribution in [1.82, 2.24) is 19.9 Å². The summed E-state index contributed by atoms with van der Waals surface area (Å²) in [6.07, 6.45) is 1.29. The fourth-order valence-corrected chi connectivity index (χ4v) is 1.44. The Bertz CT molecular complexity index is 461. The van der Waals surface area contributed by atoms with E-state index >= 15 is 0 Å². The first-order valence-corrected chi connectivity index (χ1v) is 5.04. The van der Waals surface area contributed by atoms with E-state index in [2.05, 4.69) is 25.1 Å². The van der Waals surface area contributed by atoms with Crippen molar-refractivity contribution < 1.29 is 4.52 Å². The molecule has 16 heavy (non-hydrogen) atoms. The van der Waals surface area contributed by atoms with Crippen LogP contribution in [0.3, 0.4) is 0 Å². The Morgan fingerprint density at radius 2 is 2.38 bits per heavy atom. The molecule has 0 unspecified atom stereocenters. The molecule has 0 saturated heterocycles. The molecule has 0 fully saturated rings. The van der Waals surface area contributed by atoms with Gasteiger partial charge in [-0.05, 0) is 13.8 Å². The van der Waals surface area contributed by atoms with E-state index < -0.39 is 0 Å². The average Bonchev–Trinajstić information content (AvgIpc) is 2.87. The van der Waals surface area contributed by atoms with E-state index in [0.717, 1.165) is 18.1 Å². The lowest BCUT2D eigenvalue weighted by molar-refractivity contribution is 0.411. The highest BCUT2D eigenvalue weighted by atomic mass is 16.5. The maximum absolute atomic E-state index is 5.91. The van der Waals surface area contributed by atoms with Crippen LogP contribution in [0.2, 0.25) is 0 Å². The van der Waals surface area contributed by atoms with Gasteiger partial charge in [-0.3, -0.25) is 0 Å². The second-order valence-electron chi connectivity index (χ2n) is 3.36. The highest BCUT2D eigenvalue weighted by molar-refractivity contribution is 5.64. The molecule has 86 valence electrons. The van der Waals surface area contributed by atoms with Crippen molar-refractivity contribution in [3.63, 3.8) is 0 Å². The van der Waals surface area contributed by atoms with Crippen LogP contribution in [0.25, 0.3) is 0 Å². The number of hydrogen-bond donors (Lipinski definition) is 2. The van der Waals surface area contributed by atoms with Crippen molar-refractivity contribution in [3.05, 3.63) is 17.9 Å². The lowest BCUT2D eigenvalue weighted by Crippen LogP contribution is -2.09. The normalized spacial score (nSPS) is 10.6. The smallest absolute Gasteiger partial charge is 0.213 e. The minimum atomic E-state index is 0.464. The van der Waals surface area contributed by atoms with Crippen LogP contribution in [0.4, 0.5) is 11.5 Å². The number of aryl methyl sites for hydroxylation is 2. The molecule has 7 heteroatoms. The Kier molecular flexibility index (Phi) is 2.76. The first-order chi connectivity index (χ1) is 7.72. The summed E-state index contributed by atoms with van der Waals surface area (Å²) in [5, 5.41) is 11.1. The van der Waals surface area contributed by atoms with Gasteiger partial charge in [-0.25, -0.2) is 4.68 Å². The first-order valence-electron chi connectivity index (χ1n) is 5.04. The fraction of sp³-hybridized carbons (Fsp3) is 0.444. The minimum absolute atomic E-state index is 0.464. The molecular weight excluding hydrogens is 208 g/mol. The molecule has 0 radical (unpaired) electrons. The molecule has 3 N–H and O–H groups in total. The topological polar surface area (TPSA) is 94.8 Å². The Labute approximate surface area is 92.6 Å². The van der Waals surface area contributed by atoms with Gasteiger partial charge in [0.15, 0.2) is 5.82 Å². The molecule has 0 bridgehead atoms. The molecular formula is C9H14N6O. The van der Waals surface area contributed by atoms with Crippen LogP contribution >= 0.6 is 0 Å². The van der Waals surface area contributed by atoms with Crippen LogP contribution in [0, 0.1) is 6.92 Å². The van der Waals surface area contributed by atoms with Gasteiger partial charge < -0.3 is 15.6 Å². The van der Waals surface area contributed by atoms with Crippen molar-refractivity contribution in [2.45, 2.75) is 26.9 Å². The van der Waals surface area contributed by atoms with Crippen molar-refractivity contribution >= 4 is 11.5 Å². The number of rotatable bonds is 4. The number of anilines is 2. The highest BCUT2D eigenvalue weighted by Crippen LogP contribution is 2.22. The number of nitrogen functional groups attached to an aromatic ring is 1. The van der Waals surface area contributed by atoms with Gasteiger partial charge in [0.1, 0.15) is 5.82 Å². The third-order valence-electron chi connectivity index (χ3n) is 2.29. The monoisotopic (exact) mass is 222 g/mol. The second-order valence-corrected chi connectivity index (χ2v) is 3.36. The van der Waals surface area contributed by atoms with E-state index in [1.807, 2.05) is 18.5 Å². The highest BCUT2D eigenvalue weighted by Gasteiger charge is 2.11. The SMILES string of the molecule is CCn1nc(C)c(N)c1NCc1ncon1. The van der Waals surface area contributed by atoms with Crippen LogP contribution in [0.5, 0.6) is 0 Å². The van der Waals surface area contributed by atoms with Gasteiger partial charge in [-0.2, -0.15) is 10.1 Å². The van der Waals surface area contributed by atoms with E-state index in [4.69, 9.17) is 5.73 Å². The molecule has 0 aliphatic rings. The van der Waals surface area contributed by atoms with Crippen LogP contribution in [-0.4, -0.2) is 19.9 Å². The van der Waals surface area contributed by atoms with E-state index in [1.165, 1.54) is 6.39 Å². The quantitative estimate of drug-likeness (QED) is 0.794. The van der Waals surface area contributed by atoms with Gasteiger partial charge in [0.05, 0.1) is 17.9 Å². The lowest BCUT2D eigenvalue weighted by atomic mass is 10.4. The molecule has 0 spiro atoms. The summed E-state index contributed by atoms with van der Waals surface area (Å²) in [7, 11) is 0. The maximum atomic E-state index is 5.91. The van der Waals surface area contributed by atoms with Gasteiger partial charge in [0.2, 0.25) is 6.39 Å². The summed E-state index contributed by atoms with van der Waals surface area (Å²) in [4.78, 5) is 3.91. The van der Waals surface area contributed by atoms with E-state index in [-0.39, 0.29) is 0 Å². The molecule has 0 atom stereocenters. The third-order valence-corrected chi connectivity index (χ3v) is 2.29. The molecule has 0 saturated carbocycles. The third kappa shape index (κ3) is 1.83. The zero-order chi connectivity index (χ0) is 11.5. The van der Waals surface area contributed by atoms with Gasteiger partial charge in [0, 0.05) is 6.54 Å². The number of nitrogens with two attached hydrogens (primary N) is 1. The summed E-state index contributed by atoms with van der Waals surface area (Å²) in [5.74, 6) is 1.38. The van der Waals surface area contributed by atoms with Gasteiger partial charge >= 0.3 is 0 Å². The van der Waals surface area contributed by atoms with Crippen molar-refractivity contribution in [1.29, 1.82) is 0 Å².